The minimum Gasteiger partial charge on any atom is -0.378 e. The summed E-state index contributed by atoms with van der Waals surface area (Å²) in [6, 6.07) is 11.0. The molecule has 0 unspecified atom stereocenters. The molecular formula is C23H22F4N4O2. The van der Waals surface area contributed by atoms with E-state index in [4.69, 9.17) is 4.74 Å². The van der Waals surface area contributed by atoms with E-state index in [9.17, 15) is 22.4 Å². The first kappa shape index (κ1) is 22.7. The highest BCUT2D eigenvalue weighted by atomic mass is 19.4. The Morgan fingerprint density at radius 1 is 1.09 bits per heavy atom. The molecule has 2 aromatic carbocycles. The number of nitrogens with zero attached hydrogens (tertiary/aromatic N) is 3. The summed E-state index contributed by atoms with van der Waals surface area (Å²) in [7, 11) is 0. The molecule has 10 heteroatoms. The molecule has 174 valence electrons. The Morgan fingerprint density at radius 2 is 1.79 bits per heavy atom. The van der Waals surface area contributed by atoms with Gasteiger partial charge in [-0.25, -0.2) is 14.4 Å². The van der Waals surface area contributed by atoms with Gasteiger partial charge in [0.2, 0.25) is 5.95 Å². The molecule has 33 heavy (non-hydrogen) atoms. The molecule has 6 nitrogen and oxygen atoms in total. The molecule has 1 amide bonds. The number of amides is 1. The number of carbonyl (C=O) groups is 1. The summed E-state index contributed by atoms with van der Waals surface area (Å²) < 4.78 is 59.7. The van der Waals surface area contributed by atoms with E-state index in [-0.39, 0.29) is 42.2 Å². The van der Waals surface area contributed by atoms with Crippen LogP contribution in [0.25, 0.3) is 11.3 Å². The number of rotatable bonds is 5. The van der Waals surface area contributed by atoms with Crippen LogP contribution in [0.2, 0.25) is 0 Å². The van der Waals surface area contributed by atoms with Gasteiger partial charge in [-0.05, 0) is 23.8 Å². The molecule has 0 radical (unpaired) electrons. The number of halogens is 4. The second-order valence-electron chi connectivity index (χ2n) is 7.35. The first-order valence-corrected chi connectivity index (χ1v) is 10.2. The monoisotopic (exact) mass is 462 g/mol. The van der Waals surface area contributed by atoms with Crippen molar-refractivity contribution in [2.75, 3.05) is 31.6 Å². The molecule has 1 N–H and O–H groups in total. The largest absolute Gasteiger partial charge is 0.416 e. The van der Waals surface area contributed by atoms with Gasteiger partial charge in [0, 0.05) is 32.8 Å². The molecule has 1 aromatic heterocycles. The Kier molecular flexibility index (Phi) is 6.55. The number of ether oxygens (including phenoxy) is 1. The number of morpholine rings is 1. The van der Waals surface area contributed by atoms with Crippen molar-refractivity contribution in [2.24, 2.45) is 0 Å². The zero-order valence-corrected chi connectivity index (χ0v) is 17.4. The molecule has 1 aliphatic rings. The molecule has 0 atom stereocenters. The fourth-order valence-corrected chi connectivity index (χ4v) is 3.54. The molecule has 0 saturated carbocycles. The summed E-state index contributed by atoms with van der Waals surface area (Å²) in [6.07, 6.45) is -3.24. The molecule has 4 rings (SSSR count). The summed E-state index contributed by atoms with van der Waals surface area (Å²) in [5.41, 5.74) is -0.509. The zero-order chi connectivity index (χ0) is 23.4. The topological polar surface area (TPSA) is 67.4 Å². The lowest BCUT2D eigenvalue weighted by atomic mass is 10.1. The smallest absolute Gasteiger partial charge is 0.378 e. The van der Waals surface area contributed by atoms with Gasteiger partial charge in [-0.3, -0.25) is 4.79 Å². The third-order valence-electron chi connectivity index (χ3n) is 5.21. The van der Waals surface area contributed by atoms with E-state index < -0.39 is 17.6 Å². The Hall–Kier alpha value is -3.53. The summed E-state index contributed by atoms with van der Waals surface area (Å²) in [5.74, 6) is -0.977. The Labute approximate surface area is 188 Å². The zero-order valence-electron chi connectivity index (χ0n) is 17.4. The van der Waals surface area contributed by atoms with Gasteiger partial charge < -0.3 is 15.0 Å². The number of hydrogen-bond donors (Lipinski definition) is 1. The fourth-order valence-electron chi connectivity index (χ4n) is 3.54. The standard InChI is InChI=1S/C23H20F4N4O2.H2/c24-19-8-4-2-6-16(19)20-17(21(32)31-9-11-33-12-10-31)14-29-22(30-20)28-13-15-5-1-3-7-18(15)23(25,26)27;/h1-8,14H,9-13H2,(H,28,29,30);1H. The average Bonchev–Trinajstić information content (AvgIpc) is 2.82. The maximum atomic E-state index is 14.6. The van der Waals surface area contributed by atoms with Crippen LogP contribution in [0, 0.1) is 5.82 Å². The molecule has 3 aromatic rings. The van der Waals surface area contributed by atoms with Crippen LogP contribution in [0.1, 0.15) is 22.9 Å². The maximum absolute atomic E-state index is 14.6. The molecule has 0 aliphatic carbocycles. The van der Waals surface area contributed by atoms with Gasteiger partial charge in [0.05, 0.1) is 30.0 Å². The number of anilines is 1. The van der Waals surface area contributed by atoms with Crippen LogP contribution in [0.5, 0.6) is 0 Å². The van der Waals surface area contributed by atoms with Crippen molar-refractivity contribution < 1.29 is 28.5 Å². The SMILES string of the molecule is O=C(c1cnc(NCc2ccccc2C(F)(F)F)nc1-c1ccccc1F)N1CCOCC1.[HH]. The quantitative estimate of drug-likeness (QED) is 0.560. The minimum absolute atomic E-state index is 0. The highest BCUT2D eigenvalue weighted by Crippen LogP contribution is 2.32. The third kappa shape index (κ3) is 5.11. The second kappa shape index (κ2) is 9.53. The van der Waals surface area contributed by atoms with Crippen molar-refractivity contribution in [1.29, 1.82) is 0 Å². The molecule has 2 heterocycles. The van der Waals surface area contributed by atoms with E-state index in [1.165, 1.54) is 42.6 Å². The van der Waals surface area contributed by atoms with Gasteiger partial charge >= 0.3 is 6.18 Å². The lowest BCUT2D eigenvalue weighted by Crippen LogP contribution is -2.41. The number of aromatic nitrogens is 2. The Morgan fingerprint density at radius 3 is 2.52 bits per heavy atom. The summed E-state index contributed by atoms with van der Waals surface area (Å²) >= 11 is 0. The molecule has 0 bridgehead atoms. The van der Waals surface area contributed by atoms with Crippen molar-refractivity contribution in [3.8, 4) is 11.3 Å². The van der Waals surface area contributed by atoms with Gasteiger partial charge in [-0.2, -0.15) is 13.2 Å². The molecule has 1 fully saturated rings. The number of alkyl halides is 3. The van der Waals surface area contributed by atoms with E-state index in [0.717, 1.165) is 6.07 Å². The minimum atomic E-state index is -4.51. The van der Waals surface area contributed by atoms with Crippen LogP contribution < -0.4 is 5.32 Å². The van der Waals surface area contributed by atoms with Crippen molar-refractivity contribution in [2.45, 2.75) is 12.7 Å². The van der Waals surface area contributed by atoms with E-state index in [0.29, 0.717) is 26.3 Å². The van der Waals surface area contributed by atoms with Crippen LogP contribution in [-0.4, -0.2) is 47.1 Å². The van der Waals surface area contributed by atoms with Crippen LogP contribution in [-0.2, 0) is 17.5 Å². The first-order valence-electron chi connectivity index (χ1n) is 10.2. The van der Waals surface area contributed by atoms with Gasteiger partial charge in [0.25, 0.3) is 5.91 Å². The molecule has 0 spiro atoms. The number of hydrogen-bond acceptors (Lipinski definition) is 5. The Balaban J connectivity index is 0.00000324. The average molecular weight is 462 g/mol. The third-order valence-corrected chi connectivity index (χ3v) is 5.21. The number of carbonyl (C=O) groups excluding carboxylic acids is 1. The molecular weight excluding hydrogens is 440 g/mol. The van der Waals surface area contributed by atoms with Crippen molar-refractivity contribution in [1.82, 2.24) is 14.9 Å². The molecule has 1 saturated heterocycles. The second-order valence-corrected chi connectivity index (χ2v) is 7.35. The van der Waals surface area contributed by atoms with Gasteiger partial charge in [-0.1, -0.05) is 30.3 Å². The van der Waals surface area contributed by atoms with Crippen molar-refractivity contribution in [3.63, 3.8) is 0 Å². The van der Waals surface area contributed by atoms with Gasteiger partial charge in [0.15, 0.2) is 0 Å². The normalized spacial score (nSPS) is 14.2. The lowest BCUT2D eigenvalue weighted by molar-refractivity contribution is -0.138. The van der Waals surface area contributed by atoms with Crippen LogP contribution in [0.3, 0.4) is 0 Å². The maximum Gasteiger partial charge on any atom is 0.416 e. The van der Waals surface area contributed by atoms with Crippen LogP contribution >= 0.6 is 0 Å². The van der Waals surface area contributed by atoms with Crippen LogP contribution in [0.4, 0.5) is 23.5 Å². The van der Waals surface area contributed by atoms with Gasteiger partial charge in [-0.15, -0.1) is 0 Å². The predicted molar refractivity (Wildman–Crippen MR) is 115 cm³/mol. The van der Waals surface area contributed by atoms with Crippen LogP contribution in [0.15, 0.2) is 54.7 Å². The lowest BCUT2D eigenvalue weighted by Gasteiger charge is -2.27. The van der Waals surface area contributed by atoms with E-state index in [1.807, 2.05) is 0 Å². The van der Waals surface area contributed by atoms with E-state index in [1.54, 1.807) is 11.0 Å². The highest BCUT2D eigenvalue weighted by molar-refractivity contribution is 6.00. The first-order chi connectivity index (χ1) is 15.8. The number of nitrogens with one attached hydrogen (secondary N) is 1. The predicted octanol–water partition coefficient (Wildman–Crippen LogP) is 4.63. The fraction of sp³-hybridized carbons (Fsp3) is 0.261. The highest BCUT2D eigenvalue weighted by Gasteiger charge is 2.33. The number of benzene rings is 2. The van der Waals surface area contributed by atoms with E-state index in [2.05, 4.69) is 15.3 Å². The summed E-state index contributed by atoms with van der Waals surface area (Å²) in [5, 5.41) is 2.76. The van der Waals surface area contributed by atoms with E-state index >= 15 is 0 Å². The summed E-state index contributed by atoms with van der Waals surface area (Å²) in [4.78, 5) is 23.1. The van der Waals surface area contributed by atoms with Gasteiger partial charge in [0.1, 0.15) is 5.82 Å². The molecule has 1 aliphatic heterocycles. The van der Waals surface area contributed by atoms with Crippen molar-refractivity contribution in [3.05, 3.63) is 77.2 Å². The summed E-state index contributed by atoms with van der Waals surface area (Å²) in [6.45, 7) is 1.33. The van der Waals surface area contributed by atoms with Crippen molar-refractivity contribution >= 4 is 11.9 Å². The Bertz CT molecular complexity index is 1150.